The summed E-state index contributed by atoms with van der Waals surface area (Å²) in [6.45, 7) is 0.138. The molecule has 80 valence electrons. The molecule has 0 unspecified atom stereocenters. The van der Waals surface area contributed by atoms with Gasteiger partial charge in [0.15, 0.2) is 0 Å². The zero-order valence-electron chi connectivity index (χ0n) is 8.45. The average molecular weight is 231 g/mol. The second-order valence-electron chi connectivity index (χ2n) is 3.03. The summed E-state index contributed by atoms with van der Waals surface area (Å²) < 4.78 is 0. The van der Waals surface area contributed by atoms with Crippen molar-refractivity contribution in [2.24, 2.45) is 0 Å². The standard InChI is InChI=1S/C10H9N5S/c11-6-7-15-13-10(12-14-15)16-8-9-4-2-1-3-5-9/h1-5H,7-8H2. The lowest BCUT2D eigenvalue weighted by molar-refractivity contribution is 0.584. The van der Waals surface area contributed by atoms with Crippen LogP contribution in [0.15, 0.2) is 35.5 Å². The SMILES string of the molecule is N#CCn1nnc(SCc2ccccc2)n1. The van der Waals surface area contributed by atoms with Gasteiger partial charge >= 0.3 is 0 Å². The van der Waals surface area contributed by atoms with Gasteiger partial charge in [-0.1, -0.05) is 42.1 Å². The fourth-order valence-corrected chi connectivity index (χ4v) is 1.87. The van der Waals surface area contributed by atoms with Crippen LogP contribution in [0.4, 0.5) is 0 Å². The second-order valence-corrected chi connectivity index (χ2v) is 3.98. The van der Waals surface area contributed by atoms with Crippen LogP contribution in [0.2, 0.25) is 0 Å². The van der Waals surface area contributed by atoms with Crippen molar-refractivity contribution >= 4 is 11.8 Å². The predicted octanol–water partition coefficient (Wildman–Crippen LogP) is 1.49. The fourth-order valence-electron chi connectivity index (χ4n) is 1.14. The van der Waals surface area contributed by atoms with Crippen LogP contribution >= 0.6 is 11.8 Å². The van der Waals surface area contributed by atoms with Gasteiger partial charge in [-0.15, -0.1) is 15.0 Å². The van der Waals surface area contributed by atoms with Crippen LogP contribution in [0.25, 0.3) is 0 Å². The van der Waals surface area contributed by atoms with Crippen molar-refractivity contribution in [3.63, 3.8) is 0 Å². The zero-order valence-corrected chi connectivity index (χ0v) is 9.26. The molecule has 1 heterocycles. The molecule has 6 heteroatoms. The van der Waals surface area contributed by atoms with Crippen molar-refractivity contribution in [3.8, 4) is 6.07 Å². The van der Waals surface area contributed by atoms with Crippen LogP contribution in [-0.4, -0.2) is 20.2 Å². The highest BCUT2D eigenvalue weighted by Gasteiger charge is 2.03. The third kappa shape index (κ3) is 2.81. The van der Waals surface area contributed by atoms with Crippen LogP contribution in [-0.2, 0) is 12.3 Å². The Hall–Kier alpha value is -1.87. The quantitative estimate of drug-likeness (QED) is 0.746. The van der Waals surface area contributed by atoms with E-state index < -0.39 is 0 Å². The van der Waals surface area contributed by atoms with Gasteiger partial charge in [-0.3, -0.25) is 0 Å². The number of nitriles is 1. The van der Waals surface area contributed by atoms with Gasteiger partial charge in [-0.2, -0.15) is 5.26 Å². The van der Waals surface area contributed by atoms with Crippen molar-refractivity contribution in [3.05, 3.63) is 35.9 Å². The van der Waals surface area contributed by atoms with Crippen LogP contribution < -0.4 is 0 Å². The van der Waals surface area contributed by atoms with E-state index in [9.17, 15) is 0 Å². The van der Waals surface area contributed by atoms with Gasteiger partial charge < -0.3 is 0 Å². The number of thioether (sulfide) groups is 1. The first-order valence-corrected chi connectivity index (χ1v) is 5.68. The Morgan fingerprint density at radius 3 is 2.88 bits per heavy atom. The van der Waals surface area contributed by atoms with E-state index >= 15 is 0 Å². The number of tetrazole rings is 1. The molecule has 2 rings (SSSR count). The minimum Gasteiger partial charge on any atom is -0.196 e. The van der Waals surface area contributed by atoms with E-state index in [1.54, 1.807) is 0 Å². The number of nitrogens with zero attached hydrogens (tertiary/aromatic N) is 5. The summed E-state index contributed by atoms with van der Waals surface area (Å²) in [7, 11) is 0. The van der Waals surface area contributed by atoms with Crippen molar-refractivity contribution in [2.75, 3.05) is 0 Å². The molecular formula is C10H9N5S. The van der Waals surface area contributed by atoms with E-state index in [4.69, 9.17) is 5.26 Å². The molecule has 0 saturated carbocycles. The maximum Gasteiger partial charge on any atom is 0.231 e. The third-order valence-corrected chi connectivity index (χ3v) is 2.76. The molecule has 0 amide bonds. The Bertz CT molecular complexity index is 487. The van der Waals surface area contributed by atoms with Crippen molar-refractivity contribution < 1.29 is 0 Å². The molecule has 0 fully saturated rings. The molecule has 5 nitrogen and oxygen atoms in total. The summed E-state index contributed by atoms with van der Waals surface area (Å²) in [4.78, 5) is 1.29. The number of hydrogen-bond donors (Lipinski definition) is 0. The number of aromatic nitrogens is 4. The minimum absolute atomic E-state index is 0.138. The first-order chi connectivity index (χ1) is 7.88. The molecular weight excluding hydrogens is 222 g/mol. The van der Waals surface area contributed by atoms with Crippen LogP contribution in [0.3, 0.4) is 0 Å². The average Bonchev–Trinajstić information content (AvgIpc) is 2.76. The lowest BCUT2D eigenvalue weighted by Crippen LogP contribution is -1.99. The van der Waals surface area contributed by atoms with E-state index in [-0.39, 0.29) is 6.54 Å². The van der Waals surface area contributed by atoms with Crippen LogP contribution in [0.5, 0.6) is 0 Å². The van der Waals surface area contributed by atoms with E-state index in [2.05, 4.69) is 15.4 Å². The summed E-state index contributed by atoms with van der Waals surface area (Å²) in [6, 6.07) is 12.0. The number of benzene rings is 1. The highest BCUT2D eigenvalue weighted by atomic mass is 32.2. The van der Waals surface area contributed by atoms with Crippen LogP contribution in [0.1, 0.15) is 5.56 Å². The van der Waals surface area contributed by atoms with Gasteiger partial charge in [0.1, 0.15) is 6.54 Å². The molecule has 0 radical (unpaired) electrons. The lowest BCUT2D eigenvalue weighted by Gasteiger charge is -1.96. The van der Waals surface area contributed by atoms with Crippen molar-refractivity contribution in [1.82, 2.24) is 20.2 Å². The van der Waals surface area contributed by atoms with Crippen LogP contribution in [0, 0.1) is 11.3 Å². The number of rotatable bonds is 4. The van der Waals surface area contributed by atoms with Gasteiger partial charge in [0.05, 0.1) is 6.07 Å². The molecule has 0 bridgehead atoms. The molecule has 16 heavy (non-hydrogen) atoms. The Morgan fingerprint density at radius 1 is 1.31 bits per heavy atom. The molecule has 2 aromatic rings. The normalized spacial score (nSPS) is 9.94. The smallest absolute Gasteiger partial charge is 0.196 e. The van der Waals surface area contributed by atoms with Gasteiger partial charge in [-0.25, -0.2) is 0 Å². The van der Waals surface area contributed by atoms with Gasteiger partial charge in [0, 0.05) is 5.75 Å². The summed E-state index contributed by atoms with van der Waals surface area (Å²) in [5.41, 5.74) is 1.21. The monoisotopic (exact) mass is 231 g/mol. The van der Waals surface area contributed by atoms with E-state index in [1.807, 2.05) is 36.4 Å². The van der Waals surface area contributed by atoms with E-state index in [0.29, 0.717) is 5.16 Å². The molecule has 0 aliphatic rings. The highest BCUT2D eigenvalue weighted by molar-refractivity contribution is 7.98. The molecule has 0 spiro atoms. The lowest BCUT2D eigenvalue weighted by atomic mass is 10.2. The zero-order chi connectivity index (χ0) is 11.2. The molecule has 1 aromatic heterocycles. The molecule has 0 atom stereocenters. The molecule has 0 N–H and O–H groups in total. The van der Waals surface area contributed by atoms with Crippen molar-refractivity contribution in [1.29, 1.82) is 5.26 Å². The molecule has 0 saturated heterocycles. The van der Waals surface area contributed by atoms with E-state index in [0.717, 1.165) is 5.75 Å². The Balaban J connectivity index is 1.93. The van der Waals surface area contributed by atoms with Crippen molar-refractivity contribution in [2.45, 2.75) is 17.5 Å². The number of hydrogen-bond acceptors (Lipinski definition) is 5. The first kappa shape index (κ1) is 10.6. The van der Waals surface area contributed by atoms with Gasteiger partial charge in [0.2, 0.25) is 5.16 Å². The van der Waals surface area contributed by atoms with E-state index in [1.165, 1.54) is 22.1 Å². The minimum atomic E-state index is 0.138. The Labute approximate surface area is 97.1 Å². The van der Waals surface area contributed by atoms with Gasteiger partial charge in [-0.05, 0) is 10.8 Å². The largest absolute Gasteiger partial charge is 0.231 e. The topological polar surface area (TPSA) is 67.4 Å². The maximum absolute atomic E-state index is 8.45. The summed E-state index contributed by atoms with van der Waals surface area (Å²) in [5, 5.41) is 20.7. The molecule has 0 aliphatic carbocycles. The first-order valence-electron chi connectivity index (χ1n) is 4.70. The third-order valence-electron chi connectivity index (χ3n) is 1.86. The Kier molecular flexibility index (Phi) is 3.51. The summed E-state index contributed by atoms with van der Waals surface area (Å²) >= 11 is 1.51. The maximum atomic E-state index is 8.45. The van der Waals surface area contributed by atoms with Gasteiger partial charge in [0.25, 0.3) is 0 Å². The molecule has 0 aliphatic heterocycles. The summed E-state index contributed by atoms with van der Waals surface area (Å²) in [5.74, 6) is 0.805. The second kappa shape index (κ2) is 5.28. The predicted molar refractivity (Wildman–Crippen MR) is 59.4 cm³/mol. The molecule has 1 aromatic carbocycles. The fraction of sp³-hybridized carbons (Fsp3) is 0.200. The highest BCUT2D eigenvalue weighted by Crippen LogP contribution is 2.17. The summed E-state index contributed by atoms with van der Waals surface area (Å²) in [6.07, 6.45) is 0. The Morgan fingerprint density at radius 2 is 2.12 bits per heavy atom.